The number of rotatable bonds is 5. The number of nitrogens with zero attached hydrogens (tertiary/aromatic N) is 1. The highest BCUT2D eigenvalue weighted by Gasteiger charge is 2.10. The third-order valence-electron chi connectivity index (χ3n) is 2.84. The van der Waals surface area contributed by atoms with Crippen LogP contribution in [0.15, 0.2) is 30.5 Å². The molecule has 0 saturated carbocycles. The number of nitrogens with one attached hydrogen (secondary N) is 3. The first-order chi connectivity index (χ1) is 9.20. The van der Waals surface area contributed by atoms with Crippen LogP contribution in [0.5, 0.6) is 0 Å². The van der Waals surface area contributed by atoms with Crippen LogP contribution in [0.2, 0.25) is 0 Å². The molecule has 100 valence electrons. The molecule has 0 radical (unpaired) electrons. The summed E-state index contributed by atoms with van der Waals surface area (Å²) >= 11 is 0. The largest absolute Gasteiger partial charge is 0.322 e. The quantitative estimate of drug-likeness (QED) is 0.769. The van der Waals surface area contributed by atoms with Gasteiger partial charge in [-0.25, -0.2) is 0 Å². The van der Waals surface area contributed by atoms with E-state index in [-0.39, 0.29) is 5.91 Å². The third kappa shape index (κ3) is 3.42. The van der Waals surface area contributed by atoms with E-state index in [0.717, 1.165) is 30.0 Å². The summed E-state index contributed by atoms with van der Waals surface area (Å²) in [6.07, 6.45) is 1.53. The summed E-state index contributed by atoms with van der Waals surface area (Å²) in [4.78, 5) is 12.0. The van der Waals surface area contributed by atoms with Crippen molar-refractivity contribution in [2.24, 2.45) is 0 Å². The minimum atomic E-state index is -0.146. The number of amides is 1. The maximum Gasteiger partial charge on any atom is 0.259 e. The van der Waals surface area contributed by atoms with E-state index in [1.54, 1.807) is 0 Å². The van der Waals surface area contributed by atoms with Gasteiger partial charge in [-0.2, -0.15) is 5.10 Å². The summed E-state index contributed by atoms with van der Waals surface area (Å²) in [5.41, 5.74) is 3.27. The molecular formula is C14H18N4O. The van der Waals surface area contributed by atoms with Crippen molar-refractivity contribution in [1.82, 2.24) is 15.5 Å². The lowest BCUT2D eigenvalue weighted by Gasteiger charge is -2.07. The standard InChI is InChI=1S/C14H18N4O/c1-3-15-8-11-5-4-6-12(7-11)17-14(19)13-9-16-18-10(13)2/h4-7,9,15H,3,8H2,1-2H3,(H,16,18)(H,17,19). The average Bonchev–Trinajstić information content (AvgIpc) is 2.83. The highest BCUT2D eigenvalue weighted by Crippen LogP contribution is 2.13. The fraction of sp³-hybridized carbons (Fsp3) is 0.286. The van der Waals surface area contributed by atoms with Crippen LogP contribution >= 0.6 is 0 Å². The lowest BCUT2D eigenvalue weighted by atomic mass is 10.2. The number of carbonyl (C=O) groups excluding carboxylic acids is 1. The van der Waals surface area contributed by atoms with Gasteiger partial charge in [-0.05, 0) is 31.2 Å². The molecule has 3 N–H and O–H groups in total. The number of H-pyrrole nitrogens is 1. The van der Waals surface area contributed by atoms with Gasteiger partial charge in [0.05, 0.1) is 11.8 Å². The zero-order valence-corrected chi connectivity index (χ0v) is 11.2. The minimum Gasteiger partial charge on any atom is -0.322 e. The van der Waals surface area contributed by atoms with Gasteiger partial charge >= 0.3 is 0 Å². The summed E-state index contributed by atoms with van der Waals surface area (Å²) in [6.45, 7) is 5.60. The minimum absolute atomic E-state index is 0.146. The zero-order chi connectivity index (χ0) is 13.7. The highest BCUT2D eigenvalue weighted by atomic mass is 16.1. The molecule has 5 heteroatoms. The molecule has 0 aliphatic rings. The molecule has 0 unspecified atom stereocenters. The highest BCUT2D eigenvalue weighted by molar-refractivity contribution is 6.04. The second kappa shape index (κ2) is 6.15. The fourth-order valence-corrected chi connectivity index (χ4v) is 1.81. The lowest BCUT2D eigenvalue weighted by Crippen LogP contribution is -2.14. The Balaban J connectivity index is 2.07. The first-order valence-electron chi connectivity index (χ1n) is 6.31. The molecule has 1 aromatic carbocycles. The number of hydrogen-bond acceptors (Lipinski definition) is 3. The Morgan fingerprint density at radius 2 is 2.26 bits per heavy atom. The number of hydrogen-bond donors (Lipinski definition) is 3. The second-order valence-electron chi connectivity index (χ2n) is 4.34. The Morgan fingerprint density at radius 3 is 2.95 bits per heavy atom. The van der Waals surface area contributed by atoms with Gasteiger partial charge in [0, 0.05) is 17.9 Å². The molecule has 19 heavy (non-hydrogen) atoms. The Kier molecular flexibility index (Phi) is 4.30. The molecule has 2 rings (SSSR count). The summed E-state index contributed by atoms with van der Waals surface area (Å²) in [5.74, 6) is -0.146. The SMILES string of the molecule is CCNCc1cccc(NC(=O)c2cn[nH]c2C)c1. The first kappa shape index (κ1) is 13.3. The average molecular weight is 258 g/mol. The molecular weight excluding hydrogens is 240 g/mol. The second-order valence-corrected chi connectivity index (χ2v) is 4.34. The number of anilines is 1. The van der Waals surface area contributed by atoms with Crippen molar-refractivity contribution < 1.29 is 4.79 Å². The van der Waals surface area contributed by atoms with Crippen LogP contribution < -0.4 is 10.6 Å². The van der Waals surface area contributed by atoms with Gasteiger partial charge in [0.2, 0.25) is 0 Å². The van der Waals surface area contributed by atoms with Crippen molar-refractivity contribution in [2.75, 3.05) is 11.9 Å². The molecule has 1 heterocycles. The Bertz CT molecular complexity index is 562. The Hall–Kier alpha value is -2.14. The van der Waals surface area contributed by atoms with Crippen LogP contribution in [-0.2, 0) is 6.54 Å². The topological polar surface area (TPSA) is 69.8 Å². The van der Waals surface area contributed by atoms with Gasteiger partial charge in [0.15, 0.2) is 0 Å². The molecule has 5 nitrogen and oxygen atoms in total. The molecule has 0 aliphatic carbocycles. The third-order valence-corrected chi connectivity index (χ3v) is 2.84. The van der Waals surface area contributed by atoms with Crippen molar-refractivity contribution in [1.29, 1.82) is 0 Å². The van der Waals surface area contributed by atoms with Gasteiger partial charge in [-0.15, -0.1) is 0 Å². The summed E-state index contributed by atoms with van der Waals surface area (Å²) in [7, 11) is 0. The summed E-state index contributed by atoms with van der Waals surface area (Å²) < 4.78 is 0. The fourth-order valence-electron chi connectivity index (χ4n) is 1.81. The van der Waals surface area contributed by atoms with Gasteiger partial charge < -0.3 is 10.6 Å². The van der Waals surface area contributed by atoms with Crippen LogP contribution in [0.1, 0.15) is 28.5 Å². The number of carbonyl (C=O) groups is 1. The molecule has 0 aliphatic heterocycles. The van der Waals surface area contributed by atoms with E-state index in [1.807, 2.05) is 31.2 Å². The monoisotopic (exact) mass is 258 g/mol. The normalized spacial score (nSPS) is 10.4. The van der Waals surface area contributed by atoms with E-state index in [9.17, 15) is 4.79 Å². The van der Waals surface area contributed by atoms with Crippen LogP contribution in [0, 0.1) is 6.92 Å². The van der Waals surface area contributed by atoms with E-state index in [4.69, 9.17) is 0 Å². The predicted octanol–water partition coefficient (Wildman–Crippen LogP) is 2.08. The van der Waals surface area contributed by atoms with E-state index in [2.05, 4.69) is 27.8 Å². The molecule has 0 spiro atoms. The summed E-state index contributed by atoms with van der Waals surface area (Å²) in [5, 5.41) is 12.7. The zero-order valence-electron chi connectivity index (χ0n) is 11.2. The molecule has 0 bridgehead atoms. The van der Waals surface area contributed by atoms with Gasteiger partial charge in [-0.1, -0.05) is 19.1 Å². The Morgan fingerprint density at radius 1 is 1.42 bits per heavy atom. The van der Waals surface area contributed by atoms with Crippen LogP contribution in [0.25, 0.3) is 0 Å². The van der Waals surface area contributed by atoms with Gasteiger partial charge in [0.25, 0.3) is 5.91 Å². The molecule has 2 aromatic rings. The van der Waals surface area contributed by atoms with Crippen LogP contribution in [0.3, 0.4) is 0 Å². The molecule has 0 fully saturated rings. The van der Waals surface area contributed by atoms with Crippen molar-refractivity contribution in [3.63, 3.8) is 0 Å². The van der Waals surface area contributed by atoms with Crippen molar-refractivity contribution in [2.45, 2.75) is 20.4 Å². The number of benzene rings is 1. The lowest BCUT2D eigenvalue weighted by molar-refractivity contribution is 0.102. The van der Waals surface area contributed by atoms with Crippen LogP contribution in [0.4, 0.5) is 5.69 Å². The molecule has 0 saturated heterocycles. The summed E-state index contributed by atoms with van der Waals surface area (Å²) in [6, 6.07) is 7.81. The predicted molar refractivity (Wildman–Crippen MR) is 75.1 cm³/mol. The molecule has 1 aromatic heterocycles. The molecule has 0 atom stereocenters. The van der Waals surface area contributed by atoms with Crippen LogP contribution in [-0.4, -0.2) is 22.6 Å². The van der Waals surface area contributed by atoms with Gasteiger partial charge in [0.1, 0.15) is 0 Å². The smallest absolute Gasteiger partial charge is 0.259 e. The maximum atomic E-state index is 12.0. The van der Waals surface area contributed by atoms with E-state index in [0.29, 0.717) is 5.56 Å². The van der Waals surface area contributed by atoms with Crippen molar-refractivity contribution >= 4 is 11.6 Å². The number of aromatic amines is 1. The van der Waals surface area contributed by atoms with Crippen molar-refractivity contribution in [3.05, 3.63) is 47.3 Å². The first-order valence-corrected chi connectivity index (χ1v) is 6.31. The van der Waals surface area contributed by atoms with E-state index in [1.165, 1.54) is 6.20 Å². The van der Waals surface area contributed by atoms with Gasteiger partial charge in [-0.3, -0.25) is 9.89 Å². The van der Waals surface area contributed by atoms with E-state index >= 15 is 0 Å². The number of aryl methyl sites for hydroxylation is 1. The maximum absolute atomic E-state index is 12.0. The Labute approximate surface area is 112 Å². The van der Waals surface area contributed by atoms with E-state index < -0.39 is 0 Å². The number of aromatic nitrogens is 2. The van der Waals surface area contributed by atoms with Crippen molar-refractivity contribution in [3.8, 4) is 0 Å². The molecule has 1 amide bonds.